The van der Waals surface area contributed by atoms with Crippen LogP contribution in [-0.4, -0.2) is 16.7 Å². The van der Waals surface area contributed by atoms with E-state index in [0.29, 0.717) is 6.61 Å². The van der Waals surface area contributed by atoms with Crippen molar-refractivity contribution in [3.63, 3.8) is 0 Å². The minimum Gasteiger partial charge on any atom is -0.387 e. The average molecular weight is 269 g/mol. The molecule has 1 aromatic rings. The summed E-state index contributed by atoms with van der Waals surface area (Å²) in [4.78, 5) is 5.78. The molecule has 0 radical (unpaired) electrons. The van der Waals surface area contributed by atoms with Gasteiger partial charge in [0.2, 0.25) is 0 Å². The van der Waals surface area contributed by atoms with Crippen LogP contribution in [0.25, 0.3) is 0 Å². The highest BCUT2D eigenvalue weighted by molar-refractivity contribution is 7.11. The molecule has 0 spiro atoms. The summed E-state index contributed by atoms with van der Waals surface area (Å²) < 4.78 is 5.71. The van der Waals surface area contributed by atoms with Crippen LogP contribution in [0.2, 0.25) is 0 Å². The van der Waals surface area contributed by atoms with Gasteiger partial charge in [0.05, 0.1) is 16.7 Å². The summed E-state index contributed by atoms with van der Waals surface area (Å²) in [5.74, 6) is 0. The zero-order chi connectivity index (χ0) is 13.3. The Morgan fingerprint density at radius 3 is 2.83 bits per heavy atom. The smallest absolute Gasteiger partial charge is 0.122 e. The van der Waals surface area contributed by atoms with Crippen LogP contribution in [0.3, 0.4) is 0 Å². The average Bonchev–Trinajstić information content (AvgIpc) is 2.67. The van der Waals surface area contributed by atoms with Crippen molar-refractivity contribution >= 4 is 11.3 Å². The Balaban J connectivity index is 2.28. The van der Waals surface area contributed by atoms with Gasteiger partial charge in [-0.15, -0.1) is 11.3 Å². The van der Waals surface area contributed by atoms with Crippen molar-refractivity contribution in [2.24, 2.45) is 5.41 Å². The lowest BCUT2D eigenvalue weighted by Crippen LogP contribution is -2.24. The van der Waals surface area contributed by atoms with E-state index in [0.717, 1.165) is 34.8 Å². The number of aliphatic hydroxyl groups is 1. The van der Waals surface area contributed by atoms with Gasteiger partial charge in [-0.1, -0.05) is 20.8 Å². The Bertz CT molecular complexity index is 414. The SMILES string of the molecule is CCOC(CC)c1nc2c(s1)C(O)CC(C)(C)C2. The van der Waals surface area contributed by atoms with Crippen molar-refractivity contribution in [3.8, 4) is 0 Å². The minimum absolute atomic E-state index is 0.0842. The third-order valence-electron chi connectivity index (χ3n) is 3.45. The summed E-state index contributed by atoms with van der Waals surface area (Å²) in [6.07, 6.45) is 2.45. The molecular weight excluding hydrogens is 246 g/mol. The van der Waals surface area contributed by atoms with Gasteiger partial charge in [-0.25, -0.2) is 4.98 Å². The zero-order valence-corrected chi connectivity index (χ0v) is 12.5. The maximum absolute atomic E-state index is 10.2. The first-order valence-corrected chi connectivity index (χ1v) is 7.57. The fraction of sp³-hybridized carbons (Fsp3) is 0.786. The topological polar surface area (TPSA) is 42.4 Å². The second-order valence-corrected chi connectivity index (χ2v) is 6.84. The van der Waals surface area contributed by atoms with Crippen LogP contribution in [0.5, 0.6) is 0 Å². The number of fused-ring (bicyclic) bond motifs is 1. The molecule has 2 rings (SSSR count). The number of aromatic nitrogens is 1. The molecule has 18 heavy (non-hydrogen) atoms. The number of ether oxygens (including phenoxy) is 1. The van der Waals surface area contributed by atoms with Crippen LogP contribution in [-0.2, 0) is 11.2 Å². The van der Waals surface area contributed by atoms with Crippen LogP contribution in [0.4, 0.5) is 0 Å². The van der Waals surface area contributed by atoms with E-state index in [1.807, 2.05) is 6.92 Å². The Morgan fingerprint density at radius 2 is 2.22 bits per heavy atom. The third-order valence-corrected chi connectivity index (χ3v) is 4.74. The number of aliphatic hydroxyl groups excluding tert-OH is 1. The first-order chi connectivity index (χ1) is 8.46. The monoisotopic (exact) mass is 269 g/mol. The summed E-state index contributed by atoms with van der Waals surface area (Å²) >= 11 is 1.63. The number of hydrogen-bond acceptors (Lipinski definition) is 4. The molecule has 0 fully saturated rings. The molecule has 0 aromatic carbocycles. The van der Waals surface area contributed by atoms with Crippen molar-refractivity contribution in [1.82, 2.24) is 4.98 Å². The van der Waals surface area contributed by atoms with Gasteiger partial charge in [0.25, 0.3) is 0 Å². The first kappa shape index (κ1) is 14.0. The quantitative estimate of drug-likeness (QED) is 0.907. The first-order valence-electron chi connectivity index (χ1n) is 6.76. The van der Waals surface area contributed by atoms with E-state index in [4.69, 9.17) is 9.72 Å². The van der Waals surface area contributed by atoms with Gasteiger partial charge in [-0.2, -0.15) is 0 Å². The number of nitrogens with zero attached hydrogens (tertiary/aromatic N) is 1. The molecule has 2 atom stereocenters. The highest BCUT2D eigenvalue weighted by Crippen LogP contribution is 2.44. The Labute approximate surface area is 113 Å². The Morgan fingerprint density at radius 1 is 1.50 bits per heavy atom. The molecule has 4 heteroatoms. The van der Waals surface area contributed by atoms with Crippen LogP contribution in [0.1, 0.15) is 68.3 Å². The molecule has 102 valence electrons. The normalized spacial score (nSPS) is 23.7. The largest absolute Gasteiger partial charge is 0.387 e. The van der Waals surface area contributed by atoms with E-state index in [1.165, 1.54) is 0 Å². The molecule has 0 aliphatic heterocycles. The minimum atomic E-state index is -0.353. The van der Waals surface area contributed by atoms with Gasteiger partial charge in [-0.3, -0.25) is 0 Å². The predicted molar refractivity (Wildman–Crippen MR) is 73.8 cm³/mol. The highest BCUT2D eigenvalue weighted by atomic mass is 32.1. The summed E-state index contributed by atoms with van der Waals surface area (Å²) in [6.45, 7) is 9.21. The number of thiazole rings is 1. The van der Waals surface area contributed by atoms with Crippen molar-refractivity contribution < 1.29 is 9.84 Å². The standard InChI is InChI=1S/C14H23NO2S/c1-5-11(17-6-2)13-15-9-7-14(3,4)8-10(16)12(9)18-13/h10-11,16H,5-8H2,1-4H3. The van der Waals surface area contributed by atoms with E-state index in [2.05, 4.69) is 20.8 Å². The van der Waals surface area contributed by atoms with Crippen LogP contribution >= 0.6 is 11.3 Å². The Hall–Kier alpha value is -0.450. The van der Waals surface area contributed by atoms with E-state index < -0.39 is 0 Å². The summed E-state index contributed by atoms with van der Waals surface area (Å²) in [7, 11) is 0. The second kappa shape index (κ2) is 5.27. The highest BCUT2D eigenvalue weighted by Gasteiger charge is 2.34. The molecule has 2 unspecified atom stereocenters. The molecule has 1 aliphatic carbocycles. The summed E-state index contributed by atoms with van der Waals surface area (Å²) in [6, 6.07) is 0. The van der Waals surface area contributed by atoms with Gasteiger partial charge in [0.15, 0.2) is 0 Å². The van der Waals surface area contributed by atoms with Crippen molar-refractivity contribution in [3.05, 3.63) is 15.6 Å². The maximum atomic E-state index is 10.2. The van der Waals surface area contributed by atoms with Gasteiger partial charge in [0.1, 0.15) is 11.1 Å². The van der Waals surface area contributed by atoms with E-state index in [1.54, 1.807) is 11.3 Å². The number of hydrogen-bond donors (Lipinski definition) is 1. The second-order valence-electron chi connectivity index (χ2n) is 5.78. The molecule has 1 heterocycles. The molecule has 0 saturated heterocycles. The molecule has 0 saturated carbocycles. The van der Waals surface area contributed by atoms with E-state index in [-0.39, 0.29) is 17.6 Å². The Kier molecular flexibility index (Phi) is 4.09. The van der Waals surface area contributed by atoms with E-state index in [9.17, 15) is 5.11 Å². The third kappa shape index (κ3) is 2.76. The molecule has 1 aromatic heterocycles. The van der Waals surface area contributed by atoms with Gasteiger partial charge >= 0.3 is 0 Å². The van der Waals surface area contributed by atoms with Crippen molar-refractivity contribution in [1.29, 1.82) is 0 Å². The molecule has 3 nitrogen and oxygen atoms in total. The molecule has 0 amide bonds. The van der Waals surface area contributed by atoms with Gasteiger partial charge < -0.3 is 9.84 Å². The summed E-state index contributed by atoms with van der Waals surface area (Å²) in [5, 5.41) is 11.3. The predicted octanol–water partition coefficient (Wildman–Crippen LogP) is 3.64. The van der Waals surface area contributed by atoms with Crippen LogP contribution in [0.15, 0.2) is 0 Å². The van der Waals surface area contributed by atoms with Crippen molar-refractivity contribution in [2.45, 2.75) is 59.2 Å². The van der Waals surface area contributed by atoms with E-state index >= 15 is 0 Å². The number of rotatable bonds is 4. The molecule has 0 bridgehead atoms. The van der Waals surface area contributed by atoms with Gasteiger partial charge in [-0.05, 0) is 31.6 Å². The van der Waals surface area contributed by atoms with Crippen LogP contribution in [0, 0.1) is 5.41 Å². The van der Waals surface area contributed by atoms with Crippen molar-refractivity contribution in [2.75, 3.05) is 6.61 Å². The van der Waals surface area contributed by atoms with Gasteiger partial charge in [0, 0.05) is 6.61 Å². The lowest BCUT2D eigenvalue weighted by atomic mass is 9.77. The fourth-order valence-corrected chi connectivity index (χ4v) is 3.82. The maximum Gasteiger partial charge on any atom is 0.122 e. The zero-order valence-electron chi connectivity index (χ0n) is 11.7. The summed E-state index contributed by atoms with van der Waals surface area (Å²) in [5.41, 5.74) is 1.22. The molecular formula is C14H23NO2S. The molecule has 1 aliphatic rings. The lowest BCUT2D eigenvalue weighted by Gasteiger charge is -2.31. The fourth-order valence-electron chi connectivity index (χ4n) is 2.61. The molecule has 1 N–H and O–H groups in total. The lowest BCUT2D eigenvalue weighted by molar-refractivity contribution is 0.0594. The van der Waals surface area contributed by atoms with Crippen LogP contribution < -0.4 is 0 Å².